The summed E-state index contributed by atoms with van der Waals surface area (Å²) in [7, 11) is -1.13. The molecule has 0 spiro atoms. The number of fused-ring (bicyclic) bond motifs is 3. The normalized spacial score (nSPS) is 14.7. The highest BCUT2D eigenvalue weighted by molar-refractivity contribution is 7.40. The third kappa shape index (κ3) is 9.71. The van der Waals surface area contributed by atoms with Crippen LogP contribution in [0.4, 0.5) is 0 Å². The molecule has 1 heterocycles. The van der Waals surface area contributed by atoms with Gasteiger partial charge in [0, 0.05) is 32.7 Å². The molecule has 0 amide bonds. The summed E-state index contributed by atoms with van der Waals surface area (Å²) in [5, 5.41) is 2.21. The van der Waals surface area contributed by atoms with Gasteiger partial charge in [-0.15, -0.1) is 8.58 Å². The molecule has 1 aromatic heterocycles. The first-order chi connectivity index (χ1) is 24.5. The fourth-order valence-electron chi connectivity index (χ4n) is 7.05. The Morgan fingerprint density at radius 3 is 1.40 bits per heavy atom. The fourth-order valence-corrected chi connectivity index (χ4v) is 10.3. The summed E-state index contributed by atoms with van der Waals surface area (Å²) in [4.78, 5) is 0. The lowest BCUT2D eigenvalue weighted by Crippen LogP contribution is -2.19. The van der Waals surface area contributed by atoms with Crippen LogP contribution in [0.25, 0.3) is 21.9 Å². The van der Waals surface area contributed by atoms with E-state index >= 15 is 0 Å². The minimum atomic E-state index is -1.79. The highest BCUT2D eigenvalue weighted by Crippen LogP contribution is 2.53. The van der Waals surface area contributed by atoms with Gasteiger partial charge >= 0.3 is 8.24 Å². The van der Waals surface area contributed by atoms with Crippen molar-refractivity contribution >= 4 is 38.8 Å². The number of benzene rings is 4. The molecule has 286 valence electrons. The van der Waals surface area contributed by atoms with Crippen LogP contribution in [0.1, 0.15) is 156 Å². The van der Waals surface area contributed by atoms with Crippen LogP contribution in [0, 0.1) is 0 Å². The zero-order valence-corrected chi connectivity index (χ0v) is 37.2. The van der Waals surface area contributed by atoms with E-state index in [0.29, 0.717) is 14.2 Å². The molecule has 0 bridgehead atoms. The molecule has 0 aliphatic rings. The van der Waals surface area contributed by atoms with E-state index in [1.165, 1.54) is 33.4 Å². The second-order valence-corrected chi connectivity index (χ2v) is 22.9. The number of hydrogen-bond donors (Lipinski definition) is 0. The van der Waals surface area contributed by atoms with Gasteiger partial charge in [0.1, 0.15) is 11.2 Å². The van der Waals surface area contributed by atoms with Crippen LogP contribution in [0.2, 0.25) is 0 Å². The van der Waals surface area contributed by atoms with Crippen molar-refractivity contribution in [1.29, 1.82) is 0 Å². The molecule has 0 aliphatic heterocycles. The van der Waals surface area contributed by atoms with Crippen LogP contribution >= 0.6 is 16.8 Å². The van der Waals surface area contributed by atoms with E-state index in [2.05, 4.69) is 189 Å². The smallest absolute Gasteiger partial charge is 0.387 e. The van der Waals surface area contributed by atoms with E-state index in [-0.39, 0.29) is 32.9 Å². The Bertz CT molecular complexity index is 1950. The van der Waals surface area contributed by atoms with Gasteiger partial charge in [-0.05, 0) is 68.9 Å². The average molecular weight is 753 g/mol. The maximum atomic E-state index is 7.17. The summed E-state index contributed by atoms with van der Waals surface area (Å²) in [6.45, 7) is 34.5. The predicted molar refractivity (Wildman–Crippen MR) is 233 cm³/mol. The van der Waals surface area contributed by atoms with Crippen LogP contribution in [-0.4, -0.2) is 6.10 Å². The van der Waals surface area contributed by atoms with E-state index in [1.54, 1.807) is 0 Å². The van der Waals surface area contributed by atoms with E-state index < -0.39 is 8.24 Å². The van der Waals surface area contributed by atoms with Crippen LogP contribution in [-0.2, 0) is 26.8 Å². The van der Waals surface area contributed by atoms with Gasteiger partial charge in [-0.1, -0.05) is 177 Å². The lowest BCUT2D eigenvalue weighted by Gasteiger charge is -2.32. The van der Waals surface area contributed by atoms with Gasteiger partial charge in [0.25, 0.3) is 0 Å². The molecule has 0 aliphatic carbocycles. The highest BCUT2D eigenvalue weighted by Gasteiger charge is 2.31. The Balaban J connectivity index is 1.76. The summed E-state index contributed by atoms with van der Waals surface area (Å²) >= 11 is 0. The first-order valence-electron chi connectivity index (χ1n) is 19.6. The molecular formula is C48H66O3P2. The van der Waals surface area contributed by atoms with Crippen molar-refractivity contribution < 1.29 is 12.9 Å². The molecule has 0 fully saturated rings. The maximum absolute atomic E-state index is 7.17. The Labute approximate surface area is 324 Å². The minimum Gasteiger partial charge on any atom is -0.399 e. The Kier molecular flexibility index (Phi) is 12.0. The predicted octanol–water partition coefficient (Wildman–Crippen LogP) is 15.4. The van der Waals surface area contributed by atoms with Crippen molar-refractivity contribution in [3.8, 4) is 0 Å². The van der Waals surface area contributed by atoms with Crippen LogP contribution in [0.5, 0.6) is 0 Å². The van der Waals surface area contributed by atoms with Gasteiger partial charge in [0.05, 0.1) is 6.10 Å². The van der Waals surface area contributed by atoms with E-state index in [1.807, 2.05) is 0 Å². The van der Waals surface area contributed by atoms with Crippen molar-refractivity contribution in [3.63, 3.8) is 0 Å². The Morgan fingerprint density at radius 1 is 0.566 bits per heavy atom. The van der Waals surface area contributed by atoms with Crippen molar-refractivity contribution in [2.75, 3.05) is 0 Å². The van der Waals surface area contributed by atoms with Gasteiger partial charge in [0.15, 0.2) is 0 Å². The lowest BCUT2D eigenvalue weighted by molar-refractivity contribution is 0.237. The van der Waals surface area contributed by atoms with E-state index in [9.17, 15) is 0 Å². The molecule has 4 aromatic carbocycles. The number of hydrogen-bond acceptors (Lipinski definition) is 3. The molecule has 0 N–H and O–H groups in total. The summed E-state index contributed by atoms with van der Waals surface area (Å²) < 4.78 is 21.5. The molecular weight excluding hydrogens is 686 g/mol. The van der Waals surface area contributed by atoms with Gasteiger partial charge in [-0.2, -0.15) is 0 Å². The molecule has 3 nitrogen and oxygen atoms in total. The minimum absolute atomic E-state index is 0.0112. The van der Waals surface area contributed by atoms with Crippen molar-refractivity contribution in [1.82, 2.24) is 0 Å². The first-order valence-corrected chi connectivity index (χ1v) is 21.8. The molecule has 5 rings (SSSR count). The molecule has 0 radical (unpaired) electrons. The molecule has 53 heavy (non-hydrogen) atoms. The molecule has 0 saturated heterocycles. The van der Waals surface area contributed by atoms with Crippen LogP contribution < -0.4 is 4.52 Å². The zero-order valence-electron chi connectivity index (χ0n) is 35.3. The van der Waals surface area contributed by atoms with E-state index in [4.69, 9.17) is 12.9 Å². The molecule has 5 heteroatoms. The lowest BCUT2D eigenvalue weighted by atomic mass is 9.77. The molecule has 5 aromatic rings. The summed E-state index contributed by atoms with van der Waals surface area (Å²) in [5.41, 5.74) is 9.35. The topological polar surface area (TPSA) is 35.5 Å². The zero-order chi connectivity index (χ0) is 39.1. The van der Waals surface area contributed by atoms with Crippen molar-refractivity contribution in [2.24, 2.45) is 0 Å². The van der Waals surface area contributed by atoms with Crippen LogP contribution in [0.15, 0.2) is 93.3 Å². The Morgan fingerprint density at radius 2 is 1.00 bits per heavy atom. The SMILES string of the molecule is CCC(CC(PC(C)(C)c1ccccc1)c1ccccc1)Op1oc2c(C(C)(C)C)cc(C(C)(C)C)cc2c2cc(C(C)(C)C)cc(C(C)(C)C)c2o1. The molecule has 3 unspecified atom stereocenters. The second kappa shape index (κ2) is 15.4. The molecule has 3 atom stereocenters. The third-order valence-corrected chi connectivity index (χ3v) is 13.6. The van der Waals surface area contributed by atoms with Gasteiger partial charge in [-0.25, -0.2) is 0 Å². The van der Waals surface area contributed by atoms with Crippen molar-refractivity contribution in [2.45, 2.75) is 155 Å². The maximum Gasteiger partial charge on any atom is 0.387 e. The van der Waals surface area contributed by atoms with Gasteiger partial charge in [-0.3, -0.25) is 4.52 Å². The number of rotatable bonds is 9. The summed E-state index contributed by atoms with van der Waals surface area (Å²) in [6, 6.07) is 31.4. The Hall–Kier alpha value is -2.83. The van der Waals surface area contributed by atoms with Crippen molar-refractivity contribution in [3.05, 3.63) is 118 Å². The summed E-state index contributed by atoms with van der Waals surface area (Å²) in [5.74, 6) is 0. The quantitative estimate of drug-likeness (QED) is 0.141. The van der Waals surface area contributed by atoms with Gasteiger partial charge < -0.3 is 8.39 Å². The third-order valence-electron chi connectivity index (χ3n) is 10.6. The largest absolute Gasteiger partial charge is 0.399 e. The van der Waals surface area contributed by atoms with Gasteiger partial charge in [0.2, 0.25) is 0 Å². The average Bonchev–Trinajstić information content (AvgIpc) is 3.22. The highest BCUT2D eigenvalue weighted by atomic mass is 31.1. The fraction of sp³-hybridized carbons (Fsp3) is 0.500. The first kappa shape index (κ1) is 41.3. The second-order valence-electron chi connectivity index (χ2n) is 19.7. The van der Waals surface area contributed by atoms with Crippen LogP contribution in [0.3, 0.4) is 0 Å². The molecule has 0 saturated carbocycles. The summed E-state index contributed by atoms with van der Waals surface area (Å²) in [6.07, 6.45) is 1.67. The van der Waals surface area contributed by atoms with E-state index in [0.717, 1.165) is 34.8 Å². The monoisotopic (exact) mass is 752 g/mol. The standard InChI is InChI=1S/C48H66O3P2/c1-16-36(31-41(32-23-19-17-20-24-32)52-48(14,15)33-25-21-18-22-26-33)49-53-50-42-37(27-34(44(2,3)4)29-39(42)46(8,9)10)38-28-35(45(5,6)7)30-40(43(38)51-53)47(11,12)13/h17-30,36,41,52H,16,31H2,1-15H3.